The fraction of sp³-hybridized carbons (Fsp3) is 0.423. The van der Waals surface area contributed by atoms with Gasteiger partial charge in [-0.25, -0.2) is 4.57 Å². The normalized spacial score (nSPS) is 16.6. The van der Waals surface area contributed by atoms with Gasteiger partial charge in [0.1, 0.15) is 11.4 Å². The molecule has 182 valence electrons. The van der Waals surface area contributed by atoms with Crippen LogP contribution >= 0.6 is 7.82 Å². The number of phosphoric ester groups is 1. The minimum atomic E-state index is -3.96. The van der Waals surface area contributed by atoms with Gasteiger partial charge in [0.05, 0.1) is 17.2 Å². The Bertz CT molecular complexity index is 1260. The van der Waals surface area contributed by atoms with Crippen molar-refractivity contribution in [1.29, 1.82) is 0 Å². The molecule has 0 saturated carbocycles. The molecule has 34 heavy (non-hydrogen) atoms. The number of aromatic nitrogens is 1. The first kappa shape index (κ1) is 24.5. The highest BCUT2D eigenvalue weighted by Gasteiger charge is 2.39. The summed E-state index contributed by atoms with van der Waals surface area (Å²) in [6.45, 7) is 12.8. The molecule has 0 aliphatic carbocycles. The van der Waals surface area contributed by atoms with Gasteiger partial charge in [-0.05, 0) is 77.3 Å². The number of H-pyrrole nitrogens is 1. The lowest BCUT2D eigenvalue weighted by Crippen LogP contribution is -2.27. The van der Waals surface area contributed by atoms with Crippen molar-refractivity contribution in [2.75, 3.05) is 0 Å². The number of phosphoric acid groups is 1. The van der Waals surface area contributed by atoms with E-state index in [1.807, 2.05) is 37.3 Å². The van der Waals surface area contributed by atoms with Gasteiger partial charge >= 0.3 is 7.82 Å². The van der Waals surface area contributed by atoms with Crippen LogP contribution in [0.15, 0.2) is 42.5 Å². The molecule has 7 nitrogen and oxygen atoms in total. The maximum absolute atomic E-state index is 13.6. The number of carbonyl (C=O) groups is 1. The fourth-order valence-electron chi connectivity index (χ4n) is 4.19. The van der Waals surface area contributed by atoms with Gasteiger partial charge in [-0.15, -0.1) is 0 Å². The van der Waals surface area contributed by atoms with Crippen LogP contribution in [0.4, 0.5) is 0 Å². The lowest BCUT2D eigenvalue weighted by Gasteiger charge is -2.30. The third-order valence-corrected chi connectivity index (χ3v) is 7.28. The van der Waals surface area contributed by atoms with Crippen molar-refractivity contribution in [3.8, 4) is 16.9 Å². The zero-order valence-electron chi connectivity index (χ0n) is 20.8. The van der Waals surface area contributed by atoms with Gasteiger partial charge in [-0.3, -0.25) is 13.8 Å². The summed E-state index contributed by atoms with van der Waals surface area (Å²) < 4.78 is 31.1. The van der Waals surface area contributed by atoms with Crippen LogP contribution in [0.3, 0.4) is 0 Å². The molecular formula is C26H33N2O5P. The van der Waals surface area contributed by atoms with Crippen LogP contribution in [0, 0.1) is 0 Å². The number of hydrogen-bond acceptors (Lipinski definition) is 5. The molecule has 2 aromatic carbocycles. The molecule has 1 amide bonds. The average molecular weight is 485 g/mol. The first-order valence-corrected chi connectivity index (χ1v) is 13.0. The summed E-state index contributed by atoms with van der Waals surface area (Å²) in [6.07, 6.45) is 0.775. The topological polar surface area (TPSA) is 89.7 Å². The molecule has 0 spiro atoms. The molecule has 1 aliphatic rings. The van der Waals surface area contributed by atoms with Crippen LogP contribution in [0.25, 0.3) is 22.0 Å². The highest BCUT2D eigenvalue weighted by Crippen LogP contribution is 2.55. The number of aromatic amines is 1. The van der Waals surface area contributed by atoms with E-state index in [0.717, 1.165) is 34.0 Å². The van der Waals surface area contributed by atoms with Crippen molar-refractivity contribution in [2.24, 2.45) is 0 Å². The van der Waals surface area contributed by atoms with E-state index in [9.17, 15) is 9.36 Å². The molecule has 0 radical (unpaired) electrons. The Morgan fingerprint density at radius 3 is 2.24 bits per heavy atom. The summed E-state index contributed by atoms with van der Waals surface area (Å²) in [7, 11) is -3.96. The van der Waals surface area contributed by atoms with Gasteiger partial charge in [0.25, 0.3) is 5.91 Å². The number of benzene rings is 2. The Morgan fingerprint density at radius 2 is 1.62 bits per heavy atom. The Hall–Kier alpha value is -2.60. The molecule has 1 aliphatic heterocycles. The van der Waals surface area contributed by atoms with Gasteiger partial charge in [0.2, 0.25) is 0 Å². The van der Waals surface area contributed by atoms with E-state index in [4.69, 9.17) is 13.6 Å². The zero-order valence-corrected chi connectivity index (χ0v) is 21.7. The van der Waals surface area contributed by atoms with Crippen molar-refractivity contribution in [3.05, 3.63) is 53.7 Å². The number of amides is 1. The largest absolute Gasteiger partial charge is 0.531 e. The number of carbonyl (C=O) groups excluding carboxylic acids is 1. The first-order chi connectivity index (χ1) is 15.8. The van der Waals surface area contributed by atoms with E-state index in [1.54, 1.807) is 53.7 Å². The lowest BCUT2D eigenvalue weighted by atomic mass is 9.93. The average Bonchev–Trinajstić information content (AvgIpc) is 3.02. The lowest BCUT2D eigenvalue weighted by molar-refractivity contribution is 0.0224. The molecule has 2 N–H and O–H groups in total. The van der Waals surface area contributed by atoms with Crippen molar-refractivity contribution >= 4 is 24.6 Å². The predicted octanol–water partition coefficient (Wildman–Crippen LogP) is 7.15. The van der Waals surface area contributed by atoms with Crippen LogP contribution in [0.2, 0.25) is 0 Å². The van der Waals surface area contributed by atoms with Gasteiger partial charge in [-0.1, -0.05) is 31.2 Å². The molecule has 1 atom stereocenters. The van der Waals surface area contributed by atoms with Crippen LogP contribution in [0.5, 0.6) is 5.75 Å². The van der Waals surface area contributed by atoms with E-state index in [-0.39, 0.29) is 11.9 Å². The highest BCUT2D eigenvalue weighted by atomic mass is 31.2. The predicted molar refractivity (Wildman–Crippen MR) is 134 cm³/mol. The Labute approximate surface area is 200 Å². The molecule has 8 heteroatoms. The fourth-order valence-corrected chi connectivity index (χ4v) is 6.02. The van der Waals surface area contributed by atoms with E-state index < -0.39 is 19.0 Å². The molecule has 0 bridgehead atoms. The summed E-state index contributed by atoms with van der Waals surface area (Å²) in [4.78, 5) is 16.3. The van der Waals surface area contributed by atoms with E-state index in [0.29, 0.717) is 11.4 Å². The second-order valence-corrected chi connectivity index (χ2v) is 12.0. The third kappa shape index (κ3) is 5.07. The summed E-state index contributed by atoms with van der Waals surface area (Å²) in [5, 5.41) is 3.92. The highest BCUT2D eigenvalue weighted by molar-refractivity contribution is 7.49. The number of fused-ring (bicyclic) bond motifs is 5. The van der Waals surface area contributed by atoms with Crippen molar-refractivity contribution in [2.45, 2.75) is 72.1 Å². The van der Waals surface area contributed by atoms with Crippen molar-refractivity contribution < 1.29 is 22.9 Å². The van der Waals surface area contributed by atoms with Crippen LogP contribution in [-0.4, -0.2) is 22.1 Å². The number of hydrogen-bond donors (Lipinski definition) is 2. The summed E-state index contributed by atoms with van der Waals surface area (Å²) in [6, 6.07) is 13.2. The van der Waals surface area contributed by atoms with E-state index in [2.05, 4.69) is 10.3 Å². The standard InChI is InChI=1S/C26H33N2O5P/c1-8-20-17-11-9-10-12-18(17)22-19-15-16(13-14-21(19)27-23(22)24(29)28-20)31-34(30,32-25(2,3)4)33-26(5,6)7/h9-15,20,27H,8H2,1-7H3,(H,28,29)/t20-/m1/s1. The number of rotatable bonds is 5. The van der Waals surface area contributed by atoms with Crippen LogP contribution in [-0.2, 0) is 13.6 Å². The summed E-state index contributed by atoms with van der Waals surface area (Å²) >= 11 is 0. The maximum Gasteiger partial charge on any atom is 0.531 e. The second kappa shape index (κ2) is 8.56. The van der Waals surface area contributed by atoms with Gasteiger partial charge in [-0.2, -0.15) is 0 Å². The molecule has 0 saturated heterocycles. The first-order valence-electron chi connectivity index (χ1n) is 11.6. The van der Waals surface area contributed by atoms with Crippen molar-refractivity contribution in [1.82, 2.24) is 10.3 Å². The SMILES string of the molecule is CC[C@H]1NC(=O)c2[nH]c3ccc(OP(=O)(OC(C)(C)C)OC(C)(C)C)cc3c2-c2ccccc21. The van der Waals surface area contributed by atoms with E-state index in [1.165, 1.54) is 0 Å². The number of nitrogens with one attached hydrogen (secondary N) is 2. The monoisotopic (exact) mass is 484 g/mol. The molecule has 0 unspecified atom stereocenters. The van der Waals surface area contributed by atoms with E-state index >= 15 is 0 Å². The molecule has 4 rings (SSSR count). The maximum atomic E-state index is 13.6. The Balaban J connectivity index is 1.84. The minimum absolute atomic E-state index is 0.0837. The summed E-state index contributed by atoms with van der Waals surface area (Å²) in [5.74, 6) is 0.176. The molecule has 0 fully saturated rings. The second-order valence-electron chi connectivity index (χ2n) is 10.5. The molecule has 1 aromatic heterocycles. The van der Waals surface area contributed by atoms with Crippen LogP contribution in [0.1, 0.15) is 77.0 Å². The van der Waals surface area contributed by atoms with Crippen molar-refractivity contribution in [3.63, 3.8) is 0 Å². The van der Waals surface area contributed by atoms with Gasteiger partial charge < -0.3 is 14.8 Å². The zero-order chi connectivity index (χ0) is 24.9. The Morgan fingerprint density at radius 1 is 0.971 bits per heavy atom. The van der Waals surface area contributed by atoms with Gasteiger partial charge in [0.15, 0.2) is 0 Å². The Kier molecular flexibility index (Phi) is 6.17. The van der Waals surface area contributed by atoms with Gasteiger partial charge in [0, 0.05) is 16.5 Å². The van der Waals surface area contributed by atoms with Crippen LogP contribution < -0.4 is 9.84 Å². The molecular weight excluding hydrogens is 451 g/mol. The minimum Gasteiger partial charge on any atom is -0.404 e. The summed E-state index contributed by atoms with van der Waals surface area (Å²) in [5.41, 5.74) is 2.61. The smallest absolute Gasteiger partial charge is 0.404 e. The molecule has 3 aromatic rings. The third-order valence-electron chi connectivity index (χ3n) is 5.30. The molecule has 2 heterocycles. The quantitative estimate of drug-likeness (QED) is 0.376.